The molecule has 0 radical (unpaired) electrons. The summed E-state index contributed by atoms with van der Waals surface area (Å²) in [5.74, 6) is 0.0351. The van der Waals surface area contributed by atoms with E-state index in [2.05, 4.69) is 17.1 Å². The molecule has 0 bridgehead atoms. The van der Waals surface area contributed by atoms with Crippen LogP contribution in [0.3, 0.4) is 0 Å². The van der Waals surface area contributed by atoms with Gasteiger partial charge in [0.15, 0.2) is 5.12 Å². The number of anilines is 1. The second-order valence-electron chi connectivity index (χ2n) is 4.17. The molecule has 98 valence electrons. The Kier molecular flexibility index (Phi) is 4.34. The minimum absolute atomic E-state index is 0.0351. The van der Waals surface area contributed by atoms with Gasteiger partial charge in [0.2, 0.25) is 11.0 Å². The summed E-state index contributed by atoms with van der Waals surface area (Å²) < 4.78 is 0. The molecular weight excluding hydrogens is 270 g/mol. The van der Waals surface area contributed by atoms with E-state index in [4.69, 9.17) is 0 Å². The Bertz CT molecular complexity index is 461. The van der Waals surface area contributed by atoms with Gasteiger partial charge in [0.1, 0.15) is 5.01 Å². The number of aromatic nitrogens is 2. The standard InChI is InChI=1S/C11H15N3O2S2/c1-3-4-9-12-13-11(18-9)14-6-8(5-10(14)16)17-7(2)15/h8H,3-6H2,1-2H3. The van der Waals surface area contributed by atoms with Gasteiger partial charge in [0.05, 0.1) is 0 Å². The van der Waals surface area contributed by atoms with E-state index in [1.807, 2.05) is 0 Å². The quantitative estimate of drug-likeness (QED) is 0.845. The Morgan fingerprint density at radius 3 is 3.00 bits per heavy atom. The summed E-state index contributed by atoms with van der Waals surface area (Å²) in [7, 11) is 0. The molecule has 2 rings (SSSR count). The first-order valence-corrected chi connectivity index (χ1v) is 7.59. The van der Waals surface area contributed by atoms with Crippen LogP contribution >= 0.6 is 23.1 Å². The Labute approximate surface area is 114 Å². The summed E-state index contributed by atoms with van der Waals surface area (Å²) in [6.07, 6.45) is 2.32. The number of rotatable bonds is 4. The number of carbonyl (C=O) groups is 2. The van der Waals surface area contributed by atoms with Gasteiger partial charge >= 0.3 is 0 Å². The van der Waals surface area contributed by atoms with Crippen LogP contribution in [0.2, 0.25) is 0 Å². The van der Waals surface area contributed by atoms with Crippen molar-refractivity contribution in [1.29, 1.82) is 0 Å². The van der Waals surface area contributed by atoms with Crippen molar-refractivity contribution in [2.45, 2.75) is 38.4 Å². The van der Waals surface area contributed by atoms with Crippen LogP contribution < -0.4 is 4.90 Å². The normalized spacial score (nSPS) is 19.6. The van der Waals surface area contributed by atoms with Crippen LogP contribution in [0.25, 0.3) is 0 Å². The third kappa shape index (κ3) is 3.08. The first-order valence-electron chi connectivity index (χ1n) is 5.90. The lowest BCUT2D eigenvalue weighted by molar-refractivity contribution is -0.117. The molecule has 1 amide bonds. The largest absolute Gasteiger partial charge is 0.288 e. The van der Waals surface area contributed by atoms with Crippen molar-refractivity contribution >= 4 is 39.3 Å². The minimum Gasteiger partial charge on any atom is -0.288 e. The van der Waals surface area contributed by atoms with Gasteiger partial charge in [-0.1, -0.05) is 30.0 Å². The molecule has 1 fully saturated rings. The van der Waals surface area contributed by atoms with Gasteiger partial charge in [-0.05, 0) is 6.42 Å². The lowest BCUT2D eigenvalue weighted by atomic mass is 10.4. The van der Waals surface area contributed by atoms with E-state index >= 15 is 0 Å². The third-order valence-electron chi connectivity index (χ3n) is 2.57. The van der Waals surface area contributed by atoms with Gasteiger partial charge in [-0.15, -0.1) is 10.2 Å². The zero-order valence-corrected chi connectivity index (χ0v) is 12.0. The van der Waals surface area contributed by atoms with E-state index in [0.717, 1.165) is 17.8 Å². The lowest BCUT2D eigenvalue weighted by Gasteiger charge is -2.11. The van der Waals surface area contributed by atoms with Crippen LogP contribution in [-0.4, -0.2) is 33.0 Å². The van der Waals surface area contributed by atoms with E-state index in [9.17, 15) is 9.59 Å². The van der Waals surface area contributed by atoms with Gasteiger partial charge < -0.3 is 0 Å². The summed E-state index contributed by atoms with van der Waals surface area (Å²) >= 11 is 2.70. The maximum atomic E-state index is 11.9. The maximum Gasteiger partial charge on any atom is 0.230 e. The van der Waals surface area contributed by atoms with Crippen molar-refractivity contribution in [2.75, 3.05) is 11.4 Å². The van der Waals surface area contributed by atoms with Crippen LogP contribution in [0.15, 0.2) is 0 Å². The molecule has 18 heavy (non-hydrogen) atoms. The second kappa shape index (κ2) is 5.79. The second-order valence-corrected chi connectivity index (χ2v) is 6.69. The number of nitrogens with zero attached hydrogens (tertiary/aromatic N) is 3. The highest BCUT2D eigenvalue weighted by atomic mass is 32.2. The fourth-order valence-corrected chi connectivity index (χ4v) is 3.73. The smallest absolute Gasteiger partial charge is 0.230 e. The molecule has 1 aliphatic rings. The molecule has 1 atom stereocenters. The van der Waals surface area contributed by atoms with E-state index in [1.54, 1.807) is 4.90 Å². The predicted octanol–water partition coefficient (Wildman–Crippen LogP) is 1.88. The number of carbonyl (C=O) groups excluding carboxylic acids is 2. The van der Waals surface area contributed by atoms with Gasteiger partial charge in [0, 0.05) is 31.6 Å². The Morgan fingerprint density at radius 1 is 1.56 bits per heavy atom. The maximum absolute atomic E-state index is 11.9. The van der Waals surface area contributed by atoms with Gasteiger partial charge in [-0.3, -0.25) is 14.5 Å². The van der Waals surface area contributed by atoms with E-state index in [1.165, 1.54) is 30.0 Å². The lowest BCUT2D eigenvalue weighted by Crippen LogP contribution is -2.24. The van der Waals surface area contributed by atoms with Crippen LogP contribution in [0.4, 0.5) is 5.13 Å². The highest BCUT2D eigenvalue weighted by Gasteiger charge is 2.33. The molecule has 1 unspecified atom stereocenters. The van der Waals surface area contributed by atoms with Crippen molar-refractivity contribution in [2.24, 2.45) is 0 Å². The Hall–Kier alpha value is -0.950. The molecule has 0 aromatic carbocycles. The molecule has 2 heterocycles. The zero-order valence-electron chi connectivity index (χ0n) is 10.4. The highest BCUT2D eigenvalue weighted by Crippen LogP contribution is 2.30. The third-order valence-corrected chi connectivity index (χ3v) is 4.56. The predicted molar refractivity (Wildman–Crippen MR) is 72.9 cm³/mol. The number of hydrogen-bond donors (Lipinski definition) is 0. The molecule has 1 aliphatic heterocycles. The summed E-state index contributed by atoms with van der Waals surface area (Å²) in [6.45, 7) is 4.17. The summed E-state index contributed by atoms with van der Waals surface area (Å²) in [5.41, 5.74) is 0. The van der Waals surface area contributed by atoms with Crippen molar-refractivity contribution in [3.63, 3.8) is 0 Å². The molecule has 1 aromatic rings. The topological polar surface area (TPSA) is 63.2 Å². The highest BCUT2D eigenvalue weighted by molar-refractivity contribution is 8.14. The number of amides is 1. The summed E-state index contributed by atoms with van der Waals surface area (Å²) in [5, 5.41) is 9.86. The van der Waals surface area contributed by atoms with Crippen molar-refractivity contribution < 1.29 is 9.59 Å². The Balaban J connectivity index is 2.04. The molecule has 1 saturated heterocycles. The number of hydrogen-bond acceptors (Lipinski definition) is 6. The molecule has 5 nitrogen and oxygen atoms in total. The monoisotopic (exact) mass is 285 g/mol. The van der Waals surface area contributed by atoms with Crippen molar-refractivity contribution in [3.8, 4) is 0 Å². The van der Waals surface area contributed by atoms with Crippen LogP contribution in [0, 0.1) is 0 Å². The molecule has 0 spiro atoms. The van der Waals surface area contributed by atoms with Crippen LogP contribution in [-0.2, 0) is 16.0 Å². The molecule has 0 saturated carbocycles. The summed E-state index contributed by atoms with van der Waals surface area (Å²) in [4.78, 5) is 24.6. The molecule has 7 heteroatoms. The number of thioether (sulfide) groups is 1. The molecule has 0 N–H and O–H groups in total. The van der Waals surface area contributed by atoms with Crippen LogP contribution in [0.1, 0.15) is 31.7 Å². The fraction of sp³-hybridized carbons (Fsp3) is 0.636. The van der Waals surface area contributed by atoms with E-state index < -0.39 is 0 Å². The molecule has 0 aliphatic carbocycles. The Morgan fingerprint density at radius 2 is 2.33 bits per heavy atom. The zero-order chi connectivity index (χ0) is 13.1. The SMILES string of the molecule is CCCc1nnc(N2CC(SC(C)=O)CC2=O)s1. The summed E-state index contributed by atoms with van der Waals surface area (Å²) in [6, 6.07) is 0. The van der Waals surface area contributed by atoms with Crippen LogP contribution in [0.5, 0.6) is 0 Å². The van der Waals surface area contributed by atoms with Gasteiger partial charge in [0.25, 0.3) is 0 Å². The number of aryl methyl sites for hydroxylation is 1. The average Bonchev–Trinajstić information content (AvgIpc) is 2.85. The van der Waals surface area contributed by atoms with E-state index in [0.29, 0.717) is 18.1 Å². The van der Waals surface area contributed by atoms with Crippen molar-refractivity contribution in [3.05, 3.63) is 5.01 Å². The van der Waals surface area contributed by atoms with Crippen molar-refractivity contribution in [1.82, 2.24) is 10.2 Å². The average molecular weight is 285 g/mol. The van der Waals surface area contributed by atoms with Gasteiger partial charge in [-0.2, -0.15) is 0 Å². The first kappa shape index (κ1) is 13.5. The molecule has 1 aromatic heterocycles. The first-order chi connectivity index (χ1) is 8.60. The molecular formula is C11H15N3O2S2. The minimum atomic E-state index is 0.0351. The van der Waals surface area contributed by atoms with E-state index in [-0.39, 0.29) is 16.3 Å². The van der Waals surface area contributed by atoms with Gasteiger partial charge in [-0.25, -0.2) is 0 Å². The fourth-order valence-electron chi connectivity index (χ4n) is 1.84.